The van der Waals surface area contributed by atoms with Crippen LogP contribution in [-0.2, 0) is 6.18 Å². The minimum Gasteiger partial charge on any atom is -0.461 e. The van der Waals surface area contributed by atoms with E-state index >= 15 is 0 Å². The number of hydrogen-bond donors (Lipinski definition) is 4. The molecule has 3 rings (SSSR count). The summed E-state index contributed by atoms with van der Waals surface area (Å²) in [6, 6.07) is 7.49. The molecule has 1 aromatic heterocycles. The summed E-state index contributed by atoms with van der Waals surface area (Å²) >= 11 is 5.53. The van der Waals surface area contributed by atoms with Crippen molar-refractivity contribution in [2.45, 2.75) is 12.5 Å². The number of benzene rings is 2. The number of ether oxygens (including phenoxy) is 1. The van der Waals surface area contributed by atoms with E-state index in [1.807, 2.05) is 0 Å². The summed E-state index contributed by atoms with van der Waals surface area (Å²) in [5, 5.41) is 13.9. The highest BCUT2D eigenvalue weighted by atomic mass is 35.5. The van der Waals surface area contributed by atoms with Crippen molar-refractivity contribution in [1.29, 1.82) is 0 Å². The molecule has 0 radical (unpaired) electrons. The van der Waals surface area contributed by atoms with Crippen molar-refractivity contribution in [3.8, 4) is 5.75 Å². The number of primary amides is 1. The molecule has 1 atom stereocenters. The van der Waals surface area contributed by atoms with Crippen LogP contribution in [-0.4, -0.2) is 22.0 Å². The first-order valence-corrected chi connectivity index (χ1v) is 9.66. The maximum atomic E-state index is 14.4. The lowest BCUT2D eigenvalue weighted by Gasteiger charge is -2.15. The molecule has 34 heavy (non-hydrogen) atoms. The quantitative estimate of drug-likeness (QED) is 0.289. The van der Waals surface area contributed by atoms with E-state index in [4.69, 9.17) is 22.1 Å². The fraction of sp³-hybridized carbons (Fsp3) is 0.0952. The normalized spacial score (nSPS) is 12.1. The first-order valence-electron chi connectivity index (χ1n) is 9.29. The van der Waals surface area contributed by atoms with E-state index < -0.39 is 40.8 Å². The van der Waals surface area contributed by atoms with Gasteiger partial charge in [0.1, 0.15) is 17.3 Å². The third kappa shape index (κ3) is 6.11. The lowest BCUT2D eigenvalue weighted by Crippen LogP contribution is -2.20. The second-order valence-electron chi connectivity index (χ2n) is 6.72. The first-order chi connectivity index (χ1) is 15.9. The molecule has 0 aliphatic heterocycles. The van der Waals surface area contributed by atoms with E-state index in [0.717, 1.165) is 24.3 Å². The molecule has 8 nitrogen and oxygen atoms in total. The predicted octanol–water partition coefficient (Wildman–Crippen LogP) is 4.71. The van der Waals surface area contributed by atoms with Crippen molar-refractivity contribution in [1.82, 2.24) is 4.98 Å². The second kappa shape index (κ2) is 9.93. The number of amides is 3. The molecular formula is C21H15ClF4N4O4. The number of urea groups is 1. The van der Waals surface area contributed by atoms with Crippen LogP contribution in [0.3, 0.4) is 0 Å². The number of nitrogens with two attached hydrogens (primary N) is 1. The Bertz CT molecular complexity index is 1240. The number of nitrogens with zero attached hydrogens (tertiary/aromatic N) is 1. The highest BCUT2D eigenvalue weighted by Gasteiger charge is 2.33. The molecule has 0 saturated heterocycles. The Balaban J connectivity index is 1.67. The molecule has 0 aliphatic carbocycles. The number of carbonyl (C=O) groups is 2. The van der Waals surface area contributed by atoms with Crippen molar-refractivity contribution in [3.63, 3.8) is 0 Å². The van der Waals surface area contributed by atoms with Gasteiger partial charge in [-0.3, -0.25) is 9.78 Å². The summed E-state index contributed by atoms with van der Waals surface area (Å²) in [4.78, 5) is 27.0. The number of pyridine rings is 1. The van der Waals surface area contributed by atoms with Gasteiger partial charge >= 0.3 is 12.2 Å². The zero-order valence-corrected chi connectivity index (χ0v) is 17.6. The van der Waals surface area contributed by atoms with Gasteiger partial charge in [-0.15, -0.1) is 0 Å². The number of rotatable bonds is 6. The van der Waals surface area contributed by atoms with Gasteiger partial charge in [0.05, 0.1) is 16.3 Å². The summed E-state index contributed by atoms with van der Waals surface area (Å²) in [6.45, 7) is 0. The number of anilines is 2. The maximum absolute atomic E-state index is 14.4. The first kappa shape index (κ1) is 24.7. The average Bonchev–Trinajstić information content (AvgIpc) is 2.76. The van der Waals surface area contributed by atoms with Crippen molar-refractivity contribution in [2.24, 2.45) is 5.73 Å². The molecule has 0 fully saturated rings. The second-order valence-corrected chi connectivity index (χ2v) is 7.13. The largest absolute Gasteiger partial charge is 0.461 e. The zero-order valence-electron chi connectivity index (χ0n) is 16.9. The van der Waals surface area contributed by atoms with E-state index in [1.165, 1.54) is 24.4 Å². The van der Waals surface area contributed by atoms with Crippen LogP contribution < -0.4 is 21.1 Å². The Morgan fingerprint density at radius 3 is 2.47 bits per heavy atom. The van der Waals surface area contributed by atoms with Crippen molar-refractivity contribution < 1.29 is 37.0 Å². The van der Waals surface area contributed by atoms with Gasteiger partial charge in [0.2, 0.25) is 6.29 Å². The van der Waals surface area contributed by atoms with E-state index in [9.17, 15) is 32.3 Å². The van der Waals surface area contributed by atoms with Gasteiger partial charge in [-0.25, -0.2) is 9.18 Å². The number of carbonyl (C=O) groups excluding carboxylic acids is 2. The van der Waals surface area contributed by atoms with Crippen molar-refractivity contribution in [3.05, 3.63) is 82.4 Å². The third-order valence-corrected chi connectivity index (χ3v) is 4.62. The third-order valence-electron chi connectivity index (χ3n) is 4.29. The van der Waals surface area contributed by atoms with Gasteiger partial charge in [0.15, 0.2) is 0 Å². The van der Waals surface area contributed by atoms with Gasteiger partial charge in [0, 0.05) is 23.5 Å². The number of aromatic nitrogens is 1. The number of aliphatic hydroxyl groups is 1. The smallest absolute Gasteiger partial charge is 0.417 e. The average molecular weight is 499 g/mol. The monoisotopic (exact) mass is 498 g/mol. The fourth-order valence-corrected chi connectivity index (χ4v) is 2.93. The van der Waals surface area contributed by atoms with Crippen LogP contribution in [0.1, 0.15) is 27.9 Å². The Hall–Kier alpha value is -3.90. The molecule has 3 aromatic rings. The summed E-state index contributed by atoms with van der Waals surface area (Å²) in [7, 11) is 0. The van der Waals surface area contributed by atoms with Crippen LogP contribution in [0, 0.1) is 5.82 Å². The molecule has 13 heteroatoms. The number of halogens is 5. The summed E-state index contributed by atoms with van der Waals surface area (Å²) in [5.41, 5.74) is 3.47. The van der Waals surface area contributed by atoms with Gasteiger partial charge in [-0.05, 0) is 42.5 Å². The number of aliphatic hydroxyl groups excluding tert-OH is 1. The predicted molar refractivity (Wildman–Crippen MR) is 114 cm³/mol. The van der Waals surface area contributed by atoms with Gasteiger partial charge in [-0.2, -0.15) is 13.2 Å². The van der Waals surface area contributed by atoms with E-state index in [0.29, 0.717) is 6.07 Å². The highest BCUT2D eigenvalue weighted by molar-refractivity contribution is 6.31. The Morgan fingerprint density at radius 2 is 1.82 bits per heavy atom. The molecule has 0 bridgehead atoms. The topological polar surface area (TPSA) is 127 Å². The number of alkyl halides is 3. The summed E-state index contributed by atoms with van der Waals surface area (Å²) < 4.78 is 58.4. The Labute approximate surface area is 194 Å². The van der Waals surface area contributed by atoms with Crippen LogP contribution in [0.15, 0.2) is 54.7 Å². The maximum Gasteiger partial charge on any atom is 0.417 e. The SMILES string of the molecule is NC(=O)c1cc(C(O)Oc2ccc(NC(=O)Nc3ccc(Cl)c(C(F)(F)F)c3)c(F)c2)ccn1. The molecule has 5 N–H and O–H groups in total. The van der Waals surface area contributed by atoms with E-state index in [-0.39, 0.29) is 28.4 Å². The molecule has 0 aliphatic rings. The minimum absolute atomic E-state index is 0.111. The molecule has 2 aromatic carbocycles. The van der Waals surface area contributed by atoms with Crippen LogP contribution in [0.25, 0.3) is 0 Å². The Morgan fingerprint density at radius 1 is 1.09 bits per heavy atom. The van der Waals surface area contributed by atoms with Crippen LogP contribution in [0.4, 0.5) is 33.7 Å². The van der Waals surface area contributed by atoms with E-state index in [1.54, 1.807) is 0 Å². The van der Waals surface area contributed by atoms with Crippen LogP contribution >= 0.6 is 11.6 Å². The fourth-order valence-electron chi connectivity index (χ4n) is 2.71. The standard InChI is InChI=1S/C21H15ClF4N4O4/c22-14-3-1-11(8-13(14)21(24,25)26)29-20(33)30-16-4-2-12(9-15(16)23)34-19(32)10-5-6-28-17(7-10)18(27)31/h1-9,19,32H,(H2,27,31)(H2,29,30,33). The molecular weight excluding hydrogens is 484 g/mol. The molecule has 178 valence electrons. The lowest BCUT2D eigenvalue weighted by molar-refractivity contribution is -0.137. The van der Waals surface area contributed by atoms with Crippen LogP contribution in [0.2, 0.25) is 5.02 Å². The minimum atomic E-state index is -4.73. The van der Waals surface area contributed by atoms with Crippen molar-refractivity contribution in [2.75, 3.05) is 10.6 Å². The molecule has 1 unspecified atom stereocenters. The molecule has 3 amide bonds. The number of hydrogen-bond acceptors (Lipinski definition) is 5. The van der Waals surface area contributed by atoms with Crippen LogP contribution in [0.5, 0.6) is 5.75 Å². The molecule has 1 heterocycles. The van der Waals surface area contributed by atoms with Gasteiger partial charge in [-0.1, -0.05) is 11.6 Å². The highest BCUT2D eigenvalue weighted by Crippen LogP contribution is 2.36. The molecule has 0 saturated carbocycles. The zero-order chi connectivity index (χ0) is 25.0. The molecule has 0 spiro atoms. The summed E-state index contributed by atoms with van der Waals surface area (Å²) in [6.07, 6.45) is -5.09. The van der Waals surface area contributed by atoms with Gasteiger partial charge < -0.3 is 26.2 Å². The lowest BCUT2D eigenvalue weighted by atomic mass is 10.2. The summed E-state index contributed by atoms with van der Waals surface area (Å²) in [5.74, 6) is -1.90. The van der Waals surface area contributed by atoms with E-state index in [2.05, 4.69) is 15.6 Å². The Kier molecular flexibility index (Phi) is 7.23. The van der Waals surface area contributed by atoms with Crippen molar-refractivity contribution >= 4 is 34.9 Å². The van der Waals surface area contributed by atoms with Gasteiger partial charge in [0.25, 0.3) is 5.91 Å². The number of nitrogens with one attached hydrogen (secondary N) is 2.